The highest BCUT2D eigenvalue weighted by Crippen LogP contribution is 2.12. The molecular weight excluding hydrogens is 342 g/mol. The largest absolute Gasteiger partial charge is 0.444 e. The van der Waals surface area contributed by atoms with Crippen molar-refractivity contribution in [2.75, 3.05) is 39.3 Å². The number of nitrogens with zero attached hydrogens (tertiary/aromatic N) is 2. The van der Waals surface area contributed by atoms with E-state index in [0.717, 1.165) is 31.6 Å². The first-order valence-corrected chi connectivity index (χ1v) is 9.75. The van der Waals surface area contributed by atoms with Crippen molar-refractivity contribution in [2.45, 2.75) is 46.1 Å². The lowest BCUT2D eigenvalue weighted by molar-refractivity contribution is -0.120. The van der Waals surface area contributed by atoms with E-state index in [9.17, 15) is 9.59 Å². The van der Waals surface area contributed by atoms with Gasteiger partial charge in [0.25, 0.3) is 0 Å². The molecule has 1 heterocycles. The van der Waals surface area contributed by atoms with Crippen LogP contribution >= 0.6 is 0 Å². The average molecular weight is 376 g/mol. The van der Waals surface area contributed by atoms with E-state index >= 15 is 0 Å². The van der Waals surface area contributed by atoms with Crippen molar-refractivity contribution in [1.82, 2.24) is 15.1 Å². The van der Waals surface area contributed by atoms with E-state index in [4.69, 9.17) is 4.74 Å². The van der Waals surface area contributed by atoms with Crippen molar-refractivity contribution in [2.24, 2.45) is 0 Å². The minimum Gasteiger partial charge on any atom is -0.444 e. The van der Waals surface area contributed by atoms with Gasteiger partial charge in [-0.15, -0.1) is 0 Å². The van der Waals surface area contributed by atoms with Crippen LogP contribution in [0.3, 0.4) is 0 Å². The summed E-state index contributed by atoms with van der Waals surface area (Å²) in [5, 5.41) is 2.99. The first-order chi connectivity index (χ1) is 12.7. The lowest BCUT2D eigenvalue weighted by Crippen LogP contribution is -2.50. The van der Waals surface area contributed by atoms with Crippen molar-refractivity contribution < 1.29 is 14.3 Å². The van der Waals surface area contributed by atoms with Crippen LogP contribution in [0.15, 0.2) is 24.3 Å². The maximum Gasteiger partial charge on any atom is 0.410 e. The van der Waals surface area contributed by atoms with E-state index in [2.05, 4.69) is 10.2 Å². The number of aryl methyl sites for hydroxylation is 1. The topological polar surface area (TPSA) is 61.9 Å². The van der Waals surface area contributed by atoms with Crippen LogP contribution in [0.5, 0.6) is 0 Å². The third-order valence-electron chi connectivity index (χ3n) is 4.48. The van der Waals surface area contributed by atoms with Gasteiger partial charge < -0.3 is 15.0 Å². The molecule has 6 heteroatoms. The molecule has 150 valence electrons. The lowest BCUT2D eigenvalue weighted by atomic mass is 10.1. The molecule has 6 nitrogen and oxygen atoms in total. The molecule has 1 aromatic carbocycles. The number of piperazine rings is 1. The van der Waals surface area contributed by atoms with Gasteiger partial charge in [-0.2, -0.15) is 0 Å². The molecule has 0 atom stereocenters. The molecule has 1 fully saturated rings. The van der Waals surface area contributed by atoms with Crippen LogP contribution in [-0.2, 0) is 16.0 Å². The number of benzene rings is 1. The second-order valence-corrected chi connectivity index (χ2v) is 8.17. The van der Waals surface area contributed by atoms with Crippen LogP contribution in [0.4, 0.5) is 4.79 Å². The zero-order valence-corrected chi connectivity index (χ0v) is 17.1. The van der Waals surface area contributed by atoms with Gasteiger partial charge >= 0.3 is 6.09 Å². The van der Waals surface area contributed by atoms with Crippen LogP contribution in [0, 0.1) is 6.92 Å². The molecule has 0 spiro atoms. The Morgan fingerprint density at radius 3 is 2.30 bits per heavy atom. The summed E-state index contributed by atoms with van der Waals surface area (Å²) in [5.41, 5.74) is 1.78. The molecule has 27 heavy (non-hydrogen) atoms. The average Bonchev–Trinajstić information content (AvgIpc) is 2.60. The first kappa shape index (κ1) is 21.2. The first-order valence-electron chi connectivity index (χ1n) is 9.75. The summed E-state index contributed by atoms with van der Waals surface area (Å²) in [5.74, 6) is 0.0635. The summed E-state index contributed by atoms with van der Waals surface area (Å²) in [7, 11) is 0. The fourth-order valence-electron chi connectivity index (χ4n) is 2.96. The van der Waals surface area contributed by atoms with E-state index in [-0.39, 0.29) is 12.0 Å². The molecule has 1 N–H and O–H groups in total. The summed E-state index contributed by atoms with van der Waals surface area (Å²) in [6.07, 6.45) is 1.10. The number of ether oxygens (including phenoxy) is 1. The summed E-state index contributed by atoms with van der Waals surface area (Å²) >= 11 is 0. The van der Waals surface area contributed by atoms with Gasteiger partial charge in [0, 0.05) is 32.7 Å². The van der Waals surface area contributed by atoms with Crippen molar-refractivity contribution in [1.29, 1.82) is 0 Å². The number of rotatable bonds is 6. The van der Waals surface area contributed by atoms with Crippen LogP contribution in [0.2, 0.25) is 0 Å². The molecule has 0 aromatic heterocycles. The Bertz CT molecular complexity index is 615. The summed E-state index contributed by atoms with van der Waals surface area (Å²) in [6.45, 7) is 12.4. The Kier molecular flexibility index (Phi) is 7.66. The standard InChI is InChI=1S/C21H33N3O3/c1-17-6-8-18(9-7-17)16-19(25)22-10-5-11-23-12-14-24(15-13-23)20(26)27-21(2,3)4/h6-9H,5,10-16H2,1-4H3,(H,22,25). The van der Waals surface area contributed by atoms with Gasteiger partial charge in [0.1, 0.15) is 5.60 Å². The molecule has 0 bridgehead atoms. The summed E-state index contributed by atoms with van der Waals surface area (Å²) < 4.78 is 5.41. The molecule has 2 amide bonds. The molecular formula is C21H33N3O3. The molecule has 1 saturated heterocycles. The van der Waals surface area contributed by atoms with E-state index in [0.29, 0.717) is 26.1 Å². The third-order valence-corrected chi connectivity index (χ3v) is 4.48. The minimum absolute atomic E-state index is 0.0635. The molecule has 1 aliphatic rings. The van der Waals surface area contributed by atoms with Crippen LogP contribution in [0.25, 0.3) is 0 Å². The van der Waals surface area contributed by atoms with Gasteiger partial charge in [-0.3, -0.25) is 9.69 Å². The fourth-order valence-corrected chi connectivity index (χ4v) is 2.96. The number of hydrogen-bond acceptors (Lipinski definition) is 4. The number of nitrogens with one attached hydrogen (secondary N) is 1. The Hall–Kier alpha value is -2.08. The highest BCUT2D eigenvalue weighted by molar-refractivity contribution is 5.78. The molecule has 0 unspecified atom stereocenters. The smallest absolute Gasteiger partial charge is 0.410 e. The predicted molar refractivity (Wildman–Crippen MR) is 107 cm³/mol. The lowest BCUT2D eigenvalue weighted by Gasteiger charge is -2.35. The molecule has 1 aromatic rings. The van der Waals surface area contributed by atoms with Crippen LogP contribution in [-0.4, -0.2) is 66.7 Å². The van der Waals surface area contributed by atoms with Gasteiger partial charge in [-0.1, -0.05) is 29.8 Å². The van der Waals surface area contributed by atoms with Crippen LogP contribution in [0.1, 0.15) is 38.3 Å². The zero-order valence-electron chi connectivity index (χ0n) is 17.1. The van der Waals surface area contributed by atoms with E-state index < -0.39 is 5.60 Å². The van der Waals surface area contributed by atoms with Gasteiger partial charge in [-0.05, 0) is 46.2 Å². The van der Waals surface area contributed by atoms with Crippen molar-refractivity contribution >= 4 is 12.0 Å². The van der Waals surface area contributed by atoms with E-state index in [1.807, 2.05) is 52.0 Å². The van der Waals surface area contributed by atoms with E-state index in [1.165, 1.54) is 5.56 Å². The second-order valence-electron chi connectivity index (χ2n) is 8.17. The molecule has 0 aliphatic carbocycles. The summed E-state index contributed by atoms with van der Waals surface area (Å²) in [6, 6.07) is 8.05. The maximum absolute atomic E-state index is 12.1. The maximum atomic E-state index is 12.1. The number of carbonyl (C=O) groups is 2. The Labute approximate surface area is 162 Å². The van der Waals surface area contributed by atoms with Crippen LogP contribution < -0.4 is 5.32 Å². The molecule has 2 rings (SSSR count). The minimum atomic E-state index is -0.453. The summed E-state index contributed by atoms with van der Waals surface area (Å²) in [4.78, 5) is 28.2. The monoisotopic (exact) mass is 375 g/mol. The molecule has 0 radical (unpaired) electrons. The highest BCUT2D eigenvalue weighted by Gasteiger charge is 2.25. The van der Waals surface area contributed by atoms with Gasteiger partial charge in [0.15, 0.2) is 0 Å². The number of carbonyl (C=O) groups excluding carboxylic acids is 2. The zero-order chi connectivity index (χ0) is 19.9. The predicted octanol–water partition coefficient (Wildman–Crippen LogP) is 2.60. The molecule has 1 aliphatic heterocycles. The van der Waals surface area contributed by atoms with E-state index in [1.54, 1.807) is 4.90 Å². The van der Waals surface area contributed by atoms with Gasteiger partial charge in [-0.25, -0.2) is 4.79 Å². The quantitative estimate of drug-likeness (QED) is 0.777. The highest BCUT2D eigenvalue weighted by atomic mass is 16.6. The van der Waals surface area contributed by atoms with Gasteiger partial charge in [0.2, 0.25) is 5.91 Å². The normalized spacial score (nSPS) is 15.5. The fraction of sp³-hybridized carbons (Fsp3) is 0.619. The van der Waals surface area contributed by atoms with Crippen molar-refractivity contribution in [3.05, 3.63) is 35.4 Å². The molecule has 0 saturated carbocycles. The van der Waals surface area contributed by atoms with Gasteiger partial charge in [0.05, 0.1) is 6.42 Å². The Morgan fingerprint density at radius 1 is 1.07 bits per heavy atom. The SMILES string of the molecule is Cc1ccc(CC(=O)NCCCN2CCN(C(=O)OC(C)(C)C)CC2)cc1. The number of amides is 2. The third kappa shape index (κ3) is 7.99. The number of hydrogen-bond donors (Lipinski definition) is 1. The van der Waals surface area contributed by atoms with Crippen molar-refractivity contribution in [3.63, 3.8) is 0 Å². The Balaban J connectivity index is 1.58. The van der Waals surface area contributed by atoms with Crippen molar-refractivity contribution in [3.8, 4) is 0 Å². The Morgan fingerprint density at radius 2 is 1.70 bits per heavy atom. The second kappa shape index (κ2) is 9.74.